The standard InChI is InChI=1S/C19H23FN2O3S/c1-13-10-14(2)19(15(3)11-13)26(24,25)22-12-18(23)21-9-8-16-4-6-17(20)7-5-16/h4-7,10-11,22H,8-9,12H2,1-3H3,(H,21,23). The number of benzene rings is 2. The highest BCUT2D eigenvalue weighted by atomic mass is 32.2. The summed E-state index contributed by atoms with van der Waals surface area (Å²) in [5.41, 5.74) is 3.16. The molecule has 1 amide bonds. The van der Waals surface area contributed by atoms with Crippen molar-refractivity contribution in [3.63, 3.8) is 0 Å². The maximum absolute atomic E-state index is 12.8. The molecule has 0 atom stereocenters. The Bertz CT molecular complexity index is 870. The lowest BCUT2D eigenvalue weighted by Gasteiger charge is -2.13. The molecule has 26 heavy (non-hydrogen) atoms. The molecule has 0 spiro atoms. The number of carbonyl (C=O) groups is 1. The van der Waals surface area contributed by atoms with E-state index < -0.39 is 15.9 Å². The second-order valence-corrected chi connectivity index (χ2v) is 7.98. The molecule has 0 fully saturated rings. The first-order valence-corrected chi connectivity index (χ1v) is 9.76. The molecule has 0 radical (unpaired) electrons. The van der Waals surface area contributed by atoms with E-state index in [1.54, 1.807) is 38.1 Å². The van der Waals surface area contributed by atoms with Gasteiger partial charge in [-0.15, -0.1) is 0 Å². The number of aryl methyl sites for hydroxylation is 3. The molecular weight excluding hydrogens is 355 g/mol. The van der Waals surface area contributed by atoms with E-state index in [1.807, 2.05) is 6.92 Å². The van der Waals surface area contributed by atoms with Crippen LogP contribution in [0, 0.1) is 26.6 Å². The quantitative estimate of drug-likeness (QED) is 0.777. The van der Waals surface area contributed by atoms with Crippen LogP contribution in [0.4, 0.5) is 4.39 Å². The second-order valence-electron chi connectivity index (χ2n) is 6.28. The first-order valence-electron chi connectivity index (χ1n) is 8.27. The van der Waals surface area contributed by atoms with Crippen LogP contribution in [0.1, 0.15) is 22.3 Å². The number of nitrogens with one attached hydrogen (secondary N) is 2. The average Bonchev–Trinajstić information content (AvgIpc) is 2.53. The van der Waals surface area contributed by atoms with E-state index in [9.17, 15) is 17.6 Å². The van der Waals surface area contributed by atoms with Crippen LogP contribution < -0.4 is 10.0 Å². The summed E-state index contributed by atoms with van der Waals surface area (Å²) in [5.74, 6) is -0.730. The van der Waals surface area contributed by atoms with Crippen molar-refractivity contribution in [2.24, 2.45) is 0 Å². The molecule has 2 aromatic carbocycles. The molecule has 0 saturated heterocycles. The van der Waals surface area contributed by atoms with Gasteiger partial charge in [0.1, 0.15) is 5.82 Å². The Kier molecular flexibility index (Phi) is 6.50. The van der Waals surface area contributed by atoms with Gasteiger partial charge < -0.3 is 5.32 Å². The zero-order valence-corrected chi connectivity index (χ0v) is 15.9. The maximum atomic E-state index is 12.8. The zero-order valence-electron chi connectivity index (χ0n) is 15.1. The lowest BCUT2D eigenvalue weighted by atomic mass is 10.1. The van der Waals surface area contributed by atoms with Crippen molar-refractivity contribution < 1.29 is 17.6 Å². The molecule has 0 unspecified atom stereocenters. The lowest BCUT2D eigenvalue weighted by molar-refractivity contribution is -0.119. The number of carbonyl (C=O) groups excluding carboxylic acids is 1. The van der Waals surface area contributed by atoms with Gasteiger partial charge in [0.25, 0.3) is 0 Å². The third kappa shape index (κ3) is 5.37. The first kappa shape index (κ1) is 20.1. The predicted octanol–water partition coefficient (Wildman–Crippen LogP) is 2.39. The molecule has 0 aromatic heterocycles. The highest BCUT2D eigenvalue weighted by Gasteiger charge is 2.20. The molecule has 7 heteroatoms. The molecule has 2 N–H and O–H groups in total. The van der Waals surface area contributed by atoms with Crippen molar-refractivity contribution in [3.05, 3.63) is 64.5 Å². The molecule has 2 aromatic rings. The molecule has 0 bridgehead atoms. The van der Waals surface area contributed by atoms with E-state index in [4.69, 9.17) is 0 Å². The molecule has 5 nitrogen and oxygen atoms in total. The fraction of sp³-hybridized carbons (Fsp3) is 0.316. The summed E-state index contributed by atoms with van der Waals surface area (Å²) in [7, 11) is -3.77. The summed E-state index contributed by atoms with van der Waals surface area (Å²) in [6, 6.07) is 9.60. The van der Waals surface area contributed by atoms with Crippen molar-refractivity contribution in [2.75, 3.05) is 13.1 Å². The fourth-order valence-corrected chi connectivity index (χ4v) is 4.31. The number of hydrogen-bond donors (Lipinski definition) is 2. The third-order valence-electron chi connectivity index (χ3n) is 3.95. The van der Waals surface area contributed by atoms with Gasteiger partial charge in [0.2, 0.25) is 15.9 Å². The van der Waals surface area contributed by atoms with Crippen molar-refractivity contribution >= 4 is 15.9 Å². The molecule has 0 aliphatic heterocycles. The monoisotopic (exact) mass is 378 g/mol. The molecule has 0 heterocycles. The number of rotatable bonds is 7. The van der Waals surface area contributed by atoms with Crippen molar-refractivity contribution in [1.82, 2.24) is 10.0 Å². The summed E-state index contributed by atoms with van der Waals surface area (Å²) in [6.07, 6.45) is 0.537. The van der Waals surface area contributed by atoms with Gasteiger partial charge in [-0.05, 0) is 56.0 Å². The Balaban J connectivity index is 1.89. The van der Waals surface area contributed by atoms with E-state index in [-0.39, 0.29) is 17.3 Å². The largest absolute Gasteiger partial charge is 0.355 e. The Morgan fingerprint density at radius 2 is 1.62 bits per heavy atom. The zero-order chi connectivity index (χ0) is 19.3. The minimum absolute atomic E-state index is 0.210. The Morgan fingerprint density at radius 1 is 1.04 bits per heavy atom. The molecule has 0 aliphatic carbocycles. The summed E-state index contributed by atoms with van der Waals surface area (Å²) in [6.45, 7) is 5.38. The van der Waals surface area contributed by atoms with E-state index in [2.05, 4.69) is 10.0 Å². The van der Waals surface area contributed by atoms with Crippen molar-refractivity contribution in [2.45, 2.75) is 32.1 Å². The van der Waals surface area contributed by atoms with Crippen LogP contribution in [0.3, 0.4) is 0 Å². The SMILES string of the molecule is Cc1cc(C)c(S(=O)(=O)NCC(=O)NCCc2ccc(F)cc2)c(C)c1. The van der Waals surface area contributed by atoms with Crippen LogP contribution in [0.2, 0.25) is 0 Å². The molecule has 2 rings (SSSR count). The number of hydrogen-bond acceptors (Lipinski definition) is 3. The molecule has 0 saturated carbocycles. The van der Waals surface area contributed by atoms with Crippen molar-refractivity contribution in [1.29, 1.82) is 0 Å². The Hall–Kier alpha value is -2.25. The summed E-state index contributed by atoms with van der Waals surface area (Å²) < 4.78 is 40.2. The van der Waals surface area contributed by atoms with E-state index in [0.717, 1.165) is 11.1 Å². The van der Waals surface area contributed by atoms with E-state index in [1.165, 1.54) is 12.1 Å². The average molecular weight is 378 g/mol. The minimum Gasteiger partial charge on any atom is -0.355 e. The van der Waals surface area contributed by atoms with Crippen LogP contribution in [-0.2, 0) is 21.2 Å². The second kappa shape index (κ2) is 8.42. The Morgan fingerprint density at radius 3 is 2.19 bits per heavy atom. The van der Waals surface area contributed by atoms with Gasteiger partial charge in [0, 0.05) is 6.54 Å². The van der Waals surface area contributed by atoms with E-state index in [0.29, 0.717) is 24.1 Å². The number of sulfonamides is 1. The Labute approximate surface area is 153 Å². The van der Waals surface area contributed by atoms with Crippen LogP contribution in [0.25, 0.3) is 0 Å². The topological polar surface area (TPSA) is 75.3 Å². The normalized spacial score (nSPS) is 11.4. The van der Waals surface area contributed by atoms with Gasteiger partial charge in [-0.3, -0.25) is 4.79 Å². The molecule has 140 valence electrons. The maximum Gasteiger partial charge on any atom is 0.241 e. The van der Waals surface area contributed by atoms with Gasteiger partial charge in [0.05, 0.1) is 11.4 Å². The number of amides is 1. The summed E-state index contributed by atoms with van der Waals surface area (Å²) >= 11 is 0. The minimum atomic E-state index is -3.77. The molecule has 0 aliphatic rings. The van der Waals surface area contributed by atoms with Gasteiger partial charge in [-0.25, -0.2) is 17.5 Å². The lowest BCUT2D eigenvalue weighted by Crippen LogP contribution is -2.38. The third-order valence-corrected chi connectivity index (χ3v) is 5.65. The van der Waals surface area contributed by atoms with Crippen LogP contribution >= 0.6 is 0 Å². The summed E-state index contributed by atoms with van der Waals surface area (Å²) in [4.78, 5) is 12.1. The smallest absolute Gasteiger partial charge is 0.241 e. The van der Waals surface area contributed by atoms with Gasteiger partial charge in [0.15, 0.2) is 0 Å². The molecular formula is C19H23FN2O3S. The van der Waals surface area contributed by atoms with Crippen LogP contribution in [0.15, 0.2) is 41.3 Å². The van der Waals surface area contributed by atoms with Gasteiger partial charge in [-0.1, -0.05) is 29.8 Å². The van der Waals surface area contributed by atoms with Crippen LogP contribution in [-0.4, -0.2) is 27.4 Å². The number of halogens is 1. The van der Waals surface area contributed by atoms with E-state index >= 15 is 0 Å². The summed E-state index contributed by atoms with van der Waals surface area (Å²) in [5, 5.41) is 2.65. The predicted molar refractivity (Wildman–Crippen MR) is 99.0 cm³/mol. The van der Waals surface area contributed by atoms with Gasteiger partial charge >= 0.3 is 0 Å². The highest BCUT2D eigenvalue weighted by Crippen LogP contribution is 2.21. The first-order chi connectivity index (χ1) is 12.2. The van der Waals surface area contributed by atoms with Gasteiger partial charge in [-0.2, -0.15) is 0 Å². The van der Waals surface area contributed by atoms with Crippen LogP contribution in [0.5, 0.6) is 0 Å². The highest BCUT2D eigenvalue weighted by molar-refractivity contribution is 7.89. The van der Waals surface area contributed by atoms with Crippen molar-refractivity contribution in [3.8, 4) is 0 Å². The fourth-order valence-electron chi connectivity index (χ4n) is 2.88.